The third-order valence-electron chi connectivity index (χ3n) is 0.783. The number of carbonyl (C=O) groups excluding carboxylic acids is 1. The van der Waals surface area contributed by atoms with Crippen LogP contribution in [0.15, 0.2) is 0 Å². The maximum Gasteiger partial charge on any atom is 0.408 e. The molecule has 0 aromatic heterocycles. The number of hydrogen-bond donors (Lipinski definition) is 2. The van der Waals surface area contributed by atoms with E-state index >= 15 is 0 Å². The normalized spacial score (nSPS) is 9.07. The third-order valence-corrected chi connectivity index (χ3v) is 0.783. The monoisotopic (exact) mass is 247 g/mol. The molecule has 0 fully saturated rings. The first-order valence-corrected chi connectivity index (χ1v) is 3.50. The van der Waals surface area contributed by atoms with Crippen molar-refractivity contribution in [2.24, 2.45) is 0 Å². The minimum absolute atomic E-state index is 0. The van der Waals surface area contributed by atoms with Crippen LogP contribution < -0.4 is 5.32 Å². The molecule has 0 radical (unpaired) electrons. The smallest absolute Gasteiger partial charge is 0.408 e. The summed E-state index contributed by atoms with van der Waals surface area (Å²) in [5, 5.41) is 10.3. The van der Waals surface area contributed by atoms with Gasteiger partial charge in [-0.3, -0.25) is 4.79 Å². The second-order valence-corrected chi connectivity index (χ2v) is 3.25. The Hall–Kier alpha value is -0.680. The van der Waals surface area contributed by atoms with Crippen molar-refractivity contribution in [2.45, 2.75) is 26.4 Å². The lowest BCUT2D eigenvalue weighted by Gasteiger charge is -2.19. The number of amides is 1. The van der Waals surface area contributed by atoms with Gasteiger partial charge in [0.15, 0.2) is 0 Å². The van der Waals surface area contributed by atoms with E-state index in [9.17, 15) is 9.59 Å². The van der Waals surface area contributed by atoms with Crippen LogP contribution >= 0.6 is 24.8 Å². The van der Waals surface area contributed by atoms with E-state index < -0.39 is 24.2 Å². The van der Waals surface area contributed by atoms with Crippen molar-refractivity contribution in [3.05, 3.63) is 0 Å². The minimum atomic E-state index is -1.10. The first-order valence-electron chi connectivity index (χ1n) is 3.50. The lowest BCUT2D eigenvalue weighted by molar-refractivity contribution is -0.136. The Kier molecular flexibility index (Phi) is 10.4. The highest BCUT2D eigenvalue weighted by atomic mass is 35.5. The largest absolute Gasteiger partial charge is 0.480 e. The maximum absolute atomic E-state index is 10.8. The van der Waals surface area contributed by atoms with Gasteiger partial charge < -0.3 is 15.2 Å². The minimum Gasteiger partial charge on any atom is -0.480 e. The molecule has 0 atom stereocenters. The highest BCUT2D eigenvalue weighted by molar-refractivity contribution is 5.85. The molecule has 14 heavy (non-hydrogen) atoms. The second kappa shape index (κ2) is 7.70. The van der Waals surface area contributed by atoms with Crippen molar-refractivity contribution in [3.63, 3.8) is 0 Å². The van der Waals surface area contributed by atoms with Crippen LogP contribution in [0.3, 0.4) is 0 Å². The van der Waals surface area contributed by atoms with Crippen molar-refractivity contribution in [1.82, 2.24) is 5.32 Å². The highest BCUT2D eigenvalue weighted by Crippen LogP contribution is 2.05. The second-order valence-electron chi connectivity index (χ2n) is 3.25. The van der Waals surface area contributed by atoms with Gasteiger partial charge in [-0.25, -0.2) is 4.79 Å². The van der Waals surface area contributed by atoms with Crippen LogP contribution in [0.25, 0.3) is 0 Å². The number of carboxylic acid groups (broad SMARTS) is 1. The molecule has 0 saturated heterocycles. The zero-order valence-electron chi connectivity index (χ0n) is 8.20. The summed E-state index contributed by atoms with van der Waals surface area (Å²) in [4.78, 5) is 20.8. The van der Waals surface area contributed by atoms with Crippen LogP contribution in [-0.4, -0.2) is 29.3 Å². The molecule has 0 aromatic carbocycles. The van der Waals surface area contributed by atoms with Gasteiger partial charge in [0.1, 0.15) is 12.1 Å². The predicted octanol–water partition coefficient (Wildman–Crippen LogP) is 1.44. The molecule has 0 unspecified atom stereocenters. The molecular weight excluding hydrogens is 233 g/mol. The van der Waals surface area contributed by atoms with Crippen LogP contribution in [0, 0.1) is 0 Å². The molecule has 0 aliphatic rings. The zero-order valence-corrected chi connectivity index (χ0v) is 9.83. The lowest BCUT2D eigenvalue weighted by atomic mass is 10.2. The standard InChI is InChI=1S/C7H13NO4.2ClH/c1-7(2,3)12-6(11)8-4-5(9)10;;/h4H2,1-3H3,(H,8,11)(H,9,10);2*1H. The highest BCUT2D eigenvalue weighted by Gasteiger charge is 2.15. The summed E-state index contributed by atoms with van der Waals surface area (Å²) in [5.74, 6) is -1.10. The Labute approximate surface area is 95.0 Å². The fraction of sp³-hybridized carbons (Fsp3) is 0.714. The molecule has 1 amide bonds. The van der Waals surface area contributed by atoms with E-state index in [1.165, 1.54) is 0 Å². The molecule has 0 aromatic rings. The number of carboxylic acids is 1. The van der Waals surface area contributed by atoms with E-state index in [0.717, 1.165) is 0 Å². The Morgan fingerprint density at radius 1 is 1.29 bits per heavy atom. The van der Waals surface area contributed by atoms with Gasteiger partial charge >= 0.3 is 12.1 Å². The van der Waals surface area contributed by atoms with Crippen LogP contribution in [0.5, 0.6) is 0 Å². The van der Waals surface area contributed by atoms with Crippen molar-refractivity contribution in [2.75, 3.05) is 6.54 Å². The number of carbonyl (C=O) groups is 2. The number of halogens is 2. The average molecular weight is 248 g/mol. The van der Waals surface area contributed by atoms with E-state index in [4.69, 9.17) is 9.84 Å². The number of aliphatic carboxylic acids is 1. The molecule has 5 nitrogen and oxygen atoms in total. The molecule has 0 rings (SSSR count). The maximum atomic E-state index is 10.8. The summed E-state index contributed by atoms with van der Waals surface area (Å²) in [6, 6.07) is 0. The number of ether oxygens (including phenoxy) is 1. The van der Waals surface area contributed by atoms with Crippen molar-refractivity contribution in [1.29, 1.82) is 0 Å². The summed E-state index contributed by atoms with van der Waals surface area (Å²) >= 11 is 0. The molecule has 2 N–H and O–H groups in total. The number of rotatable bonds is 2. The summed E-state index contributed by atoms with van der Waals surface area (Å²) in [6.45, 7) is 4.68. The molecule has 86 valence electrons. The van der Waals surface area contributed by atoms with Gasteiger partial charge in [-0.1, -0.05) is 0 Å². The SMILES string of the molecule is CC(C)(C)OC(=O)NCC(=O)O.Cl.Cl. The van der Waals surface area contributed by atoms with Crippen molar-refractivity contribution >= 4 is 36.9 Å². The lowest BCUT2D eigenvalue weighted by Crippen LogP contribution is -2.35. The predicted molar refractivity (Wildman–Crippen MR) is 56.4 cm³/mol. The number of hydrogen-bond acceptors (Lipinski definition) is 3. The fourth-order valence-electron chi connectivity index (χ4n) is 0.462. The molecule has 0 spiro atoms. The summed E-state index contributed by atoms with van der Waals surface area (Å²) < 4.78 is 4.77. The first-order chi connectivity index (χ1) is 5.31. The fourth-order valence-corrected chi connectivity index (χ4v) is 0.462. The molecular formula is C7H15Cl2NO4. The van der Waals surface area contributed by atoms with Crippen LogP contribution in [-0.2, 0) is 9.53 Å². The molecule has 0 aliphatic heterocycles. The third kappa shape index (κ3) is 13.9. The first kappa shape index (κ1) is 19.0. The zero-order chi connectivity index (χ0) is 9.78. The summed E-state index contributed by atoms with van der Waals surface area (Å²) in [5.41, 5.74) is -0.595. The number of alkyl carbamates (subject to hydrolysis) is 1. The topological polar surface area (TPSA) is 75.6 Å². The quantitative estimate of drug-likeness (QED) is 0.775. The Morgan fingerprint density at radius 2 is 1.71 bits per heavy atom. The molecule has 0 heterocycles. The number of nitrogens with one attached hydrogen (secondary N) is 1. The van der Waals surface area contributed by atoms with E-state index in [-0.39, 0.29) is 24.8 Å². The van der Waals surface area contributed by atoms with E-state index in [1.807, 2.05) is 0 Å². The van der Waals surface area contributed by atoms with Gasteiger partial charge in [-0.15, -0.1) is 24.8 Å². The van der Waals surface area contributed by atoms with E-state index in [2.05, 4.69) is 5.32 Å². The van der Waals surface area contributed by atoms with Gasteiger partial charge in [0.25, 0.3) is 0 Å². The van der Waals surface area contributed by atoms with E-state index in [0.29, 0.717) is 0 Å². The Morgan fingerprint density at radius 3 is 2.00 bits per heavy atom. The van der Waals surface area contributed by atoms with Crippen LogP contribution in [0.1, 0.15) is 20.8 Å². The van der Waals surface area contributed by atoms with Crippen molar-refractivity contribution < 1.29 is 19.4 Å². The van der Waals surface area contributed by atoms with Crippen molar-refractivity contribution in [3.8, 4) is 0 Å². The summed E-state index contributed by atoms with van der Waals surface area (Å²) in [7, 11) is 0. The van der Waals surface area contributed by atoms with Gasteiger partial charge in [-0.05, 0) is 20.8 Å². The van der Waals surface area contributed by atoms with E-state index in [1.54, 1.807) is 20.8 Å². The van der Waals surface area contributed by atoms with Crippen LogP contribution in [0.4, 0.5) is 4.79 Å². The molecule has 0 bridgehead atoms. The van der Waals surface area contributed by atoms with Gasteiger partial charge in [0.2, 0.25) is 0 Å². The molecule has 7 heteroatoms. The summed E-state index contributed by atoms with van der Waals surface area (Å²) in [6.07, 6.45) is -0.718. The average Bonchev–Trinajstić information content (AvgIpc) is 1.79. The molecule has 0 saturated carbocycles. The Bertz CT molecular complexity index is 191. The molecule has 0 aliphatic carbocycles. The van der Waals surface area contributed by atoms with Gasteiger partial charge in [0, 0.05) is 0 Å². The van der Waals surface area contributed by atoms with Gasteiger partial charge in [0.05, 0.1) is 0 Å². The Balaban J connectivity index is -0.000000605. The van der Waals surface area contributed by atoms with Crippen LogP contribution in [0.2, 0.25) is 0 Å². The van der Waals surface area contributed by atoms with Gasteiger partial charge in [-0.2, -0.15) is 0 Å².